The molecule has 0 aliphatic heterocycles. The highest BCUT2D eigenvalue weighted by Gasteiger charge is 2.60. The fourth-order valence-electron chi connectivity index (χ4n) is 3.38. The summed E-state index contributed by atoms with van der Waals surface area (Å²) in [5, 5.41) is 7.42. The van der Waals surface area contributed by atoms with Crippen LogP contribution in [-0.4, -0.2) is 20.7 Å². The van der Waals surface area contributed by atoms with E-state index in [4.69, 9.17) is 0 Å². The maximum Gasteiger partial charge on any atom is 0.229 e. The fraction of sp³-hybridized carbons (Fsp3) is 0.450. The Morgan fingerprint density at radius 1 is 1.32 bits per heavy atom. The summed E-state index contributed by atoms with van der Waals surface area (Å²) in [5.74, 6) is 0.997. The predicted octanol–water partition coefficient (Wildman–Crippen LogP) is 3.70. The maximum atomic E-state index is 12.6. The van der Waals surface area contributed by atoms with Crippen LogP contribution in [0.15, 0.2) is 48.3 Å². The van der Waals surface area contributed by atoms with Gasteiger partial charge in [0.15, 0.2) is 5.82 Å². The number of aryl methyl sites for hydroxylation is 2. The lowest BCUT2D eigenvalue weighted by atomic mass is 10.1. The first-order chi connectivity index (χ1) is 11.9. The average molecular weight is 338 g/mol. The van der Waals surface area contributed by atoms with E-state index in [2.05, 4.69) is 49.2 Å². The summed E-state index contributed by atoms with van der Waals surface area (Å²) < 4.78 is 1.84. The maximum absolute atomic E-state index is 12.6. The summed E-state index contributed by atoms with van der Waals surface area (Å²) >= 11 is 0. The lowest BCUT2D eigenvalue weighted by Crippen LogP contribution is -2.17. The highest BCUT2D eigenvalue weighted by atomic mass is 16.2. The van der Waals surface area contributed by atoms with Crippen LogP contribution in [-0.2, 0) is 17.8 Å². The number of aromatic nitrogens is 3. The molecule has 2 unspecified atom stereocenters. The van der Waals surface area contributed by atoms with E-state index in [1.165, 1.54) is 5.57 Å². The largest absolute Gasteiger partial charge is 0.309 e. The van der Waals surface area contributed by atoms with Crippen LogP contribution < -0.4 is 5.32 Å². The summed E-state index contributed by atoms with van der Waals surface area (Å²) in [6.07, 6.45) is 6.71. The van der Waals surface area contributed by atoms with Crippen LogP contribution in [0.25, 0.3) is 0 Å². The van der Waals surface area contributed by atoms with Gasteiger partial charge < -0.3 is 5.32 Å². The van der Waals surface area contributed by atoms with Gasteiger partial charge in [-0.05, 0) is 37.3 Å². The van der Waals surface area contributed by atoms with Crippen LogP contribution in [0.2, 0.25) is 0 Å². The van der Waals surface area contributed by atoms with Crippen molar-refractivity contribution in [3.05, 3.63) is 54.0 Å². The van der Waals surface area contributed by atoms with Gasteiger partial charge in [-0.3, -0.25) is 14.5 Å². The summed E-state index contributed by atoms with van der Waals surface area (Å²) in [6.45, 7) is 9.18. The Morgan fingerprint density at radius 2 is 2.12 bits per heavy atom. The van der Waals surface area contributed by atoms with Gasteiger partial charge in [0.05, 0.1) is 5.92 Å². The first kappa shape index (κ1) is 17.4. The van der Waals surface area contributed by atoms with Crippen molar-refractivity contribution in [2.24, 2.45) is 17.3 Å². The number of hydrogen-bond donors (Lipinski definition) is 1. The summed E-state index contributed by atoms with van der Waals surface area (Å²) in [5.41, 5.74) is 2.31. The van der Waals surface area contributed by atoms with Gasteiger partial charge in [0.1, 0.15) is 0 Å². The molecule has 0 bridgehead atoms. The van der Waals surface area contributed by atoms with Crippen molar-refractivity contribution in [2.45, 2.75) is 40.7 Å². The summed E-state index contributed by atoms with van der Waals surface area (Å²) in [6, 6.07) is 7.75. The van der Waals surface area contributed by atoms with Crippen LogP contribution in [0.1, 0.15) is 33.4 Å². The molecule has 2 aromatic heterocycles. The molecule has 0 radical (unpaired) electrons. The quantitative estimate of drug-likeness (QED) is 0.817. The standard InChI is InChI=1S/C20H26N4O/c1-14(2)13-16-18(20(16,3)4)19(25)22-17-9-12-24(23-17)11-8-15-7-5-6-10-21-15/h5-7,9-10,12-13,16,18H,8,11H2,1-4H3,(H,22,23,25). The van der Waals surface area contributed by atoms with E-state index in [1.54, 1.807) is 6.20 Å². The minimum atomic E-state index is 0.0149. The monoisotopic (exact) mass is 338 g/mol. The molecular formula is C20H26N4O. The van der Waals surface area contributed by atoms with Gasteiger partial charge in [-0.1, -0.05) is 31.6 Å². The molecule has 1 N–H and O–H groups in total. The second-order valence-corrected chi connectivity index (χ2v) is 7.59. The molecule has 2 atom stereocenters. The van der Waals surface area contributed by atoms with E-state index in [0.29, 0.717) is 11.7 Å². The van der Waals surface area contributed by atoms with Gasteiger partial charge in [0.2, 0.25) is 5.91 Å². The third-order valence-corrected chi connectivity index (χ3v) is 4.92. The number of carbonyl (C=O) groups excluding carboxylic acids is 1. The number of nitrogens with one attached hydrogen (secondary N) is 1. The van der Waals surface area contributed by atoms with Crippen molar-refractivity contribution in [1.82, 2.24) is 14.8 Å². The second-order valence-electron chi connectivity index (χ2n) is 7.59. The zero-order valence-electron chi connectivity index (χ0n) is 15.4. The number of carbonyl (C=O) groups is 1. The Bertz CT molecular complexity index is 772. The molecule has 3 rings (SSSR count). The van der Waals surface area contributed by atoms with E-state index in [9.17, 15) is 4.79 Å². The van der Waals surface area contributed by atoms with E-state index in [-0.39, 0.29) is 17.2 Å². The van der Waals surface area contributed by atoms with E-state index >= 15 is 0 Å². The van der Waals surface area contributed by atoms with Crippen LogP contribution >= 0.6 is 0 Å². The van der Waals surface area contributed by atoms with E-state index < -0.39 is 0 Å². The molecule has 0 saturated heterocycles. The van der Waals surface area contributed by atoms with Gasteiger partial charge in [-0.25, -0.2) is 0 Å². The van der Waals surface area contributed by atoms with Crippen molar-refractivity contribution in [1.29, 1.82) is 0 Å². The summed E-state index contributed by atoms with van der Waals surface area (Å²) in [4.78, 5) is 16.9. The lowest BCUT2D eigenvalue weighted by molar-refractivity contribution is -0.118. The Balaban J connectivity index is 1.56. The molecular weight excluding hydrogens is 312 g/mol. The van der Waals surface area contributed by atoms with Gasteiger partial charge >= 0.3 is 0 Å². The number of amides is 1. The zero-order valence-corrected chi connectivity index (χ0v) is 15.4. The number of pyridine rings is 1. The van der Waals surface area contributed by atoms with Gasteiger partial charge in [-0.2, -0.15) is 5.10 Å². The third-order valence-electron chi connectivity index (χ3n) is 4.92. The topological polar surface area (TPSA) is 59.8 Å². The Kier molecular flexibility index (Phi) is 4.75. The SMILES string of the molecule is CC(C)=CC1C(C(=O)Nc2ccn(CCc3ccccn3)n2)C1(C)C. The van der Waals surface area contributed by atoms with Crippen molar-refractivity contribution in [3.63, 3.8) is 0 Å². The van der Waals surface area contributed by atoms with Crippen LogP contribution in [0.5, 0.6) is 0 Å². The number of allylic oxidation sites excluding steroid dienone is 2. The highest BCUT2D eigenvalue weighted by Crippen LogP contribution is 2.59. The van der Waals surface area contributed by atoms with E-state index in [1.807, 2.05) is 35.1 Å². The molecule has 132 valence electrons. The predicted molar refractivity (Wildman–Crippen MR) is 99.0 cm³/mol. The van der Waals surface area contributed by atoms with E-state index in [0.717, 1.165) is 18.7 Å². The molecule has 1 aliphatic carbocycles. The van der Waals surface area contributed by atoms with Crippen molar-refractivity contribution in [3.8, 4) is 0 Å². The fourth-order valence-corrected chi connectivity index (χ4v) is 3.38. The zero-order chi connectivity index (χ0) is 18.0. The third kappa shape index (κ3) is 3.98. The summed E-state index contributed by atoms with van der Waals surface area (Å²) in [7, 11) is 0. The first-order valence-electron chi connectivity index (χ1n) is 8.77. The Hall–Kier alpha value is -2.43. The number of anilines is 1. The molecule has 2 aromatic rings. The molecule has 1 saturated carbocycles. The van der Waals surface area contributed by atoms with Gasteiger partial charge in [0.25, 0.3) is 0 Å². The average Bonchev–Trinajstić information content (AvgIpc) is 2.90. The van der Waals surface area contributed by atoms with Crippen LogP contribution in [0.3, 0.4) is 0 Å². The second kappa shape index (κ2) is 6.82. The van der Waals surface area contributed by atoms with Gasteiger partial charge in [0, 0.05) is 37.1 Å². The molecule has 1 amide bonds. The first-order valence-corrected chi connectivity index (χ1v) is 8.77. The normalized spacial score (nSPS) is 20.8. The molecule has 0 spiro atoms. The number of nitrogens with zero attached hydrogens (tertiary/aromatic N) is 3. The molecule has 0 aromatic carbocycles. The molecule has 5 heteroatoms. The van der Waals surface area contributed by atoms with Crippen LogP contribution in [0.4, 0.5) is 5.82 Å². The van der Waals surface area contributed by atoms with Gasteiger partial charge in [-0.15, -0.1) is 0 Å². The minimum Gasteiger partial charge on any atom is -0.309 e. The van der Waals surface area contributed by atoms with Crippen molar-refractivity contribution in [2.75, 3.05) is 5.32 Å². The molecule has 5 nitrogen and oxygen atoms in total. The molecule has 25 heavy (non-hydrogen) atoms. The number of hydrogen-bond acceptors (Lipinski definition) is 3. The molecule has 1 fully saturated rings. The smallest absolute Gasteiger partial charge is 0.229 e. The van der Waals surface area contributed by atoms with Crippen molar-refractivity contribution >= 4 is 11.7 Å². The highest BCUT2D eigenvalue weighted by molar-refractivity contribution is 5.95. The molecule has 2 heterocycles. The van der Waals surface area contributed by atoms with Crippen molar-refractivity contribution < 1.29 is 4.79 Å². The molecule has 1 aliphatic rings. The van der Waals surface area contributed by atoms with Crippen LogP contribution in [0, 0.1) is 17.3 Å². The lowest BCUT2D eigenvalue weighted by Gasteiger charge is -2.04. The number of rotatable bonds is 6. The minimum absolute atomic E-state index is 0.0149. The Labute approximate surface area is 149 Å². The Morgan fingerprint density at radius 3 is 2.80 bits per heavy atom.